The number of hydrogen-bond donors (Lipinski definition) is 1. The van der Waals surface area contributed by atoms with Gasteiger partial charge in [0.25, 0.3) is 0 Å². The van der Waals surface area contributed by atoms with Crippen LogP contribution in [0.2, 0.25) is 0 Å². The van der Waals surface area contributed by atoms with Crippen molar-refractivity contribution in [3.8, 4) is 0 Å². The molecule has 1 unspecified atom stereocenters. The van der Waals surface area contributed by atoms with Gasteiger partial charge in [-0.1, -0.05) is 6.92 Å². The minimum atomic E-state index is -0.346. The van der Waals surface area contributed by atoms with Crippen molar-refractivity contribution in [2.24, 2.45) is 0 Å². The van der Waals surface area contributed by atoms with E-state index in [0.717, 1.165) is 32.5 Å². The Morgan fingerprint density at radius 3 is 2.95 bits per heavy atom. The molecule has 1 saturated heterocycles. The largest absolute Gasteiger partial charge is 0.354 e. The predicted molar refractivity (Wildman–Crippen MR) is 75.1 cm³/mol. The van der Waals surface area contributed by atoms with E-state index in [0.29, 0.717) is 17.8 Å². The molecular weight excluding hydrogens is 245 g/mol. The van der Waals surface area contributed by atoms with Gasteiger partial charge in [-0.05, 0) is 26.9 Å². The SMILES string of the molecule is CCCNc1ncc(F)c(N2CCC(N(C)C)C2)n1. The zero-order valence-corrected chi connectivity index (χ0v) is 11.9. The van der Waals surface area contributed by atoms with E-state index in [9.17, 15) is 4.39 Å². The second-order valence-electron chi connectivity index (χ2n) is 5.14. The van der Waals surface area contributed by atoms with Crippen LogP contribution in [0.4, 0.5) is 16.2 Å². The Morgan fingerprint density at radius 1 is 1.53 bits per heavy atom. The van der Waals surface area contributed by atoms with Crippen LogP contribution in [0.1, 0.15) is 19.8 Å². The van der Waals surface area contributed by atoms with Crippen molar-refractivity contribution >= 4 is 11.8 Å². The highest BCUT2D eigenvalue weighted by Gasteiger charge is 2.27. The number of hydrogen-bond acceptors (Lipinski definition) is 5. The summed E-state index contributed by atoms with van der Waals surface area (Å²) in [7, 11) is 4.11. The third-order valence-corrected chi connectivity index (χ3v) is 3.45. The maximum absolute atomic E-state index is 13.9. The molecule has 5 nitrogen and oxygen atoms in total. The first-order chi connectivity index (χ1) is 9.11. The zero-order valence-electron chi connectivity index (χ0n) is 11.9. The van der Waals surface area contributed by atoms with E-state index in [1.165, 1.54) is 6.20 Å². The molecule has 2 rings (SSSR count). The average Bonchev–Trinajstić information content (AvgIpc) is 2.87. The minimum Gasteiger partial charge on any atom is -0.354 e. The van der Waals surface area contributed by atoms with E-state index in [-0.39, 0.29) is 5.82 Å². The Kier molecular flexibility index (Phi) is 4.52. The molecule has 0 aliphatic carbocycles. The molecule has 106 valence electrons. The van der Waals surface area contributed by atoms with Crippen LogP contribution in [0.15, 0.2) is 6.20 Å². The lowest BCUT2D eigenvalue weighted by atomic mass is 10.2. The predicted octanol–water partition coefficient (Wildman–Crippen LogP) is 1.58. The molecule has 0 radical (unpaired) electrons. The van der Waals surface area contributed by atoms with Gasteiger partial charge in [0.05, 0.1) is 6.20 Å². The highest BCUT2D eigenvalue weighted by Crippen LogP contribution is 2.23. The van der Waals surface area contributed by atoms with Crippen molar-refractivity contribution in [1.29, 1.82) is 0 Å². The van der Waals surface area contributed by atoms with Crippen molar-refractivity contribution in [2.45, 2.75) is 25.8 Å². The molecule has 1 N–H and O–H groups in total. The lowest BCUT2D eigenvalue weighted by Crippen LogP contribution is -2.32. The topological polar surface area (TPSA) is 44.3 Å². The van der Waals surface area contributed by atoms with E-state index < -0.39 is 0 Å². The van der Waals surface area contributed by atoms with Crippen LogP contribution in [0.3, 0.4) is 0 Å². The van der Waals surface area contributed by atoms with Crippen LogP contribution in [0.5, 0.6) is 0 Å². The molecule has 19 heavy (non-hydrogen) atoms. The molecule has 1 fully saturated rings. The zero-order chi connectivity index (χ0) is 13.8. The van der Waals surface area contributed by atoms with Gasteiger partial charge in [0.15, 0.2) is 11.6 Å². The van der Waals surface area contributed by atoms with E-state index in [1.54, 1.807) is 0 Å². The summed E-state index contributed by atoms with van der Waals surface area (Å²) in [6.45, 7) is 4.52. The van der Waals surface area contributed by atoms with Gasteiger partial charge in [0.1, 0.15) is 0 Å². The van der Waals surface area contributed by atoms with Gasteiger partial charge in [-0.3, -0.25) is 0 Å². The van der Waals surface area contributed by atoms with Gasteiger partial charge in [-0.2, -0.15) is 4.98 Å². The number of anilines is 2. The molecule has 2 heterocycles. The van der Waals surface area contributed by atoms with Gasteiger partial charge < -0.3 is 15.1 Å². The molecule has 1 atom stereocenters. The summed E-state index contributed by atoms with van der Waals surface area (Å²) in [5.74, 6) is 0.575. The summed E-state index contributed by atoms with van der Waals surface area (Å²) in [4.78, 5) is 12.4. The molecule has 1 aliphatic heterocycles. The van der Waals surface area contributed by atoms with E-state index in [2.05, 4.69) is 41.2 Å². The van der Waals surface area contributed by atoms with Crippen molar-refractivity contribution < 1.29 is 4.39 Å². The van der Waals surface area contributed by atoms with Gasteiger partial charge in [0.2, 0.25) is 5.95 Å². The number of nitrogens with one attached hydrogen (secondary N) is 1. The quantitative estimate of drug-likeness (QED) is 0.877. The highest BCUT2D eigenvalue weighted by atomic mass is 19.1. The Bertz CT molecular complexity index is 423. The lowest BCUT2D eigenvalue weighted by molar-refractivity contribution is 0.315. The molecule has 6 heteroatoms. The monoisotopic (exact) mass is 267 g/mol. The summed E-state index contributed by atoms with van der Waals surface area (Å²) >= 11 is 0. The third kappa shape index (κ3) is 3.32. The number of likely N-dealkylation sites (N-methyl/N-ethyl adjacent to an activating group) is 1. The van der Waals surface area contributed by atoms with Crippen LogP contribution in [0.25, 0.3) is 0 Å². The van der Waals surface area contributed by atoms with Crippen molar-refractivity contribution in [2.75, 3.05) is 43.9 Å². The molecular formula is C13H22FN5. The summed E-state index contributed by atoms with van der Waals surface area (Å²) in [5, 5.41) is 3.09. The van der Waals surface area contributed by atoms with Gasteiger partial charge >= 0.3 is 0 Å². The average molecular weight is 267 g/mol. The van der Waals surface area contributed by atoms with E-state index in [4.69, 9.17) is 0 Å². The van der Waals surface area contributed by atoms with Crippen LogP contribution in [-0.2, 0) is 0 Å². The minimum absolute atomic E-state index is 0.346. The van der Waals surface area contributed by atoms with Crippen LogP contribution in [0, 0.1) is 5.82 Å². The molecule has 0 aromatic carbocycles. The third-order valence-electron chi connectivity index (χ3n) is 3.45. The maximum Gasteiger partial charge on any atom is 0.224 e. The first kappa shape index (κ1) is 14.0. The summed E-state index contributed by atoms with van der Waals surface area (Å²) in [6, 6.07) is 0.460. The van der Waals surface area contributed by atoms with Gasteiger partial charge in [0, 0.05) is 25.7 Å². The van der Waals surface area contributed by atoms with Crippen molar-refractivity contribution in [3.63, 3.8) is 0 Å². The van der Waals surface area contributed by atoms with Gasteiger partial charge in [-0.25, -0.2) is 9.37 Å². The number of aromatic nitrogens is 2. The molecule has 0 saturated carbocycles. The molecule has 1 aromatic rings. The number of nitrogens with zero attached hydrogens (tertiary/aromatic N) is 4. The summed E-state index contributed by atoms with van der Waals surface area (Å²) in [5.41, 5.74) is 0. The molecule has 0 bridgehead atoms. The Morgan fingerprint density at radius 2 is 2.32 bits per heavy atom. The van der Waals surface area contributed by atoms with E-state index >= 15 is 0 Å². The summed E-state index contributed by atoms with van der Waals surface area (Å²) in [6.07, 6.45) is 3.28. The second kappa shape index (κ2) is 6.14. The molecule has 0 amide bonds. The number of rotatable bonds is 5. The second-order valence-corrected chi connectivity index (χ2v) is 5.14. The fourth-order valence-corrected chi connectivity index (χ4v) is 2.26. The van der Waals surface area contributed by atoms with Crippen LogP contribution >= 0.6 is 0 Å². The maximum atomic E-state index is 13.9. The molecule has 1 aliphatic rings. The normalized spacial score (nSPS) is 19.2. The van der Waals surface area contributed by atoms with Crippen LogP contribution < -0.4 is 10.2 Å². The lowest BCUT2D eigenvalue weighted by Gasteiger charge is -2.21. The standard InChI is InChI=1S/C13H22FN5/c1-4-6-15-13-16-8-11(14)12(17-13)19-7-5-10(9-19)18(2)3/h8,10H,4-7,9H2,1-3H3,(H,15,16,17). The molecule has 0 spiro atoms. The Balaban J connectivity index is 2.11. The fourth-order valence-electron chi connectivity index (χ4n) is 2.26. The van der Waals surface area contributed by atoms with E-state index in [1.807, 2.05) is 4.90 Å². The van der Waals surface area contributed by atoms with Crippen molar-refractivity contribution in [1.82, 2.24) is 14.9 Å². The first-order valence-electron chi connectivity index (χ1n) is 6.79. The highest BCUT2D eigenvalue weighted by molar-refractivity contribution is 5.45. The van der Waals surface area contributed by atoms with Gasteiger partial charge in [-0.15, -0.1) is 0 Å². The fraction of sp³-hybridized carbons (Fsp3) is 0.692. The molecule has 1 aromatic heterocycles. The summed E-state index contributed by atoms with van der Waals surface area (Å²) < 4.78 is 13.9. The smallest absolute Gasteiger partial charge is 0.224 e. The van der Waals surface area contributed by atoms with Crippen molar-refractivity contribution in [3.05, 3.63) is 12.0 Å². The Hall–Kier alpha value is -1.43. The Labute approximate surface area is 113 Å². The van der Waals surface area contributed by atoms with Crippen LogP contribution in [-0.4, -0.2) is 54.6 Å². The number of halogens is 1. The first-order valence-corrected chi connectivity index (χ1v) is 6.79.